The molecule has 1 aromatic carbocycles. The lowest BCUT2D eigenvalue weighted by Gasteiger charge is -2.07. The third-order valence-electron chi connectivity index (χ3n) is 1.47. The van der Waals surface area contributed by atoms with Crippen LogP contribution in [0, 0.1) is 0 Å². The van der Waals surface area contributed by atoms with Gasteiger partial charge in [0.05, 0.1) is 12.2 Å². The van der Waals surface area contributed by atoms with Crippen LogP contribution in [-0.2, 0) is 0 Å². The van der Waals surface area contributed by atoms with Gasteiger partial charge in [-0.25, -0.2) is 0 Å². The van der Waals surface area contributed by atoms with E-state index < -0.39 is 0 Å². The highest BCUT2D eigenvalue weighted by Crippen LogP contribution is 2.24. The molecule has 0 unspecified atom stereocenters. The van der Waals surface area contributed by atoms with Crippen molar-refractivity contribution in [1.29, 1.82) is 0 Å². The van der Waals surface area contributed by atoms with Crippen molar-refractivity contribution in [2.75, 3.05) is 11.9 Å². The van der Waals surface area contributed by atoms with Crippen LogP contribution < -0.4 is 4.74 Å². The molecule has 13 heavy (non-hydrogen) atoms. The Morgan fingerprint density at radius 2 is 2.23 bits per heavy atom. The predicted octanol–water partition coefficient (Wildman–Crippen LogP) is 3.04. The molecule has 0 atom stereocenters. The van der Waals surface area contributed by atoms with Gasteiger partial charge in [0.25, 0.3) is 0 Å². The van der Waals surface area contributed by atoms with Crippen molar-refractivity contribution in [3.8, 4) is 5.75 Å². The van der Waals surface area contributed by atoms with E-state index in [9.17, 15) is 4.79 Å². The summed E-state index contributed by atoms with van der Waals surface area (Å²) in [6.45, 7) is 0.553. The molecule has 2 nitrogen and oxygen atoms in total. The molecule has 0 saturated heterocycles. The molecule has 1 rings (SSSR count). The van der Waals surface area contributed by atoms with Crippen molar-refractivity contribution in [2.45, 2.75) is 0 Å². The quantitative estimate of drug-likeness (QED) is 0.631. The Bertz CT molecular complexity index is 300. The van der Waals surface area contributed by atoms with E-state index in [1.54, 1.807) is 6.07 Å². The van der Waals surface area contributed by atoms with Crippen LogP contribution in [0.3, 0.4) is 0 Å². The first-order valence-corrected chi connectivity index (χ1v) is 5.63. The van der Waals surface area contributed by atoms with Gasteiger partial charge in [-0.15, -0.1) is 0 Å². The van der Waals surface area contributed by atoms with Crippen LogP contribution in [0.5, 0.6) is 5.75 Å². The number of carbonyl (C=O) groups excluding carboxylic acids is 1. The predicted molar refractivity (Wildman–Crippen MR) is 58.8 cm³/mol. The number of hydrogen-bond acceptors (Lipinski definition) is 2. The van der Waals surface area contributed by atoms with E-state index in [1.165, 1.54) is 0 Å². The molecule has 0 spiro atoms. The molecule has 4 heteroatoms. The number of aldehydes is 1. The largest absolute Gasteiger partial charge is 0.492 e. The van der Waals surface area contributed by atoms with Crippen molar-refractivity contribution < 1.29 is 9.53 Å². The summed E-state index contributed by atoms with van der Waals surface area (Å²) < 4.78 is 6.11. The zero-order valence-corrected chi connectivity index (χ0v) is 9.97. The highest BCUT2D eigenvalue weighted by Gasteiger charge is 2.05. The molecule has 0 aliphatic rings. The van der Waals surface area contributed by atoms with Gasteiger partial charge in [-0.1, -0.05) is 22.0 Å². The lowest BCUT2D eigenvalue weighted by molar-refractivity contribution is 0.111. The average molecular weight is 308 g/mol. The minimum absolute atomic E-state index is 0.553. The highest BCUT2D eigenvalue weighted by molar-refractivity contribution is 9.10. The monoisotopic (exact) mass is 306 g/mol. The number of ether oxygens (including phenoxy) is 1. The van der Waals surface area contributed by atoms with E-state index >= 15 is 0 Å². The van der Waals surface area contributed by atoms with Gasteiger partial charge in [-0.3, -0.25) is 4.79 Å². The Labute approximate surface area is 93.5 Å². The Kier molecular flexibility index (Phi) is 4.45. The van der Waals surface area contributed by atoms with Crippen LogP contribution in [-0.4, -0.2) is 18.2 Å². The summed E-state index contributed by atoms with van der Waals surface area (Å²) >= 11 is 6.52. The minimum Gasteiger partial charge on any atom is -0.492 e. The molecule has 0 aliphatic heterocycles. The standard InChI is InChI=1S/C9H8Br2O2/c10-4-5-13-9-3-1-2-8(11)7(9)6-12/h1-3,6H,4-5H2. The van der Waals surface area contributed by atoms with Crippen LogP contribution in [0.2, 0.25) is 0 Å². The van der Waals surface area contributed by atoms with Crippen molar-refractivity contribution >= 4 is 38.1 Å². The molecule has 0 radical (unpaired) electrons. The molecule has 0 aromatic heterocycles. The lowest BCUT2D eigenvalue weighted by Crippen LogP contribution is -2.00. The van der Waals surface area contributed by atoms with Crippen LogP contribution >= 0.6 is 31.9 Å². The fourth-order valence-corrected chi connectivity index (χ4v) is 1.51. The summed E-state index contributed by atoms with van der Waals surface area (Å²) in [5, 5.41) is 0.748. The Hall–Kier alpha value is -0.350. The number of alkyl halides is 1. The van der Waals surface area contributed by atoms with Gasteiger partial charge in [-0.05, 0) is 28.1 Å². The summed E-state index contributed by atoms with van der Waals surface area (Å²) in [4.78, 5) is 10.7. The second-order valence-electron chi connectivity index (χ2n) is 2.31. The van der Waals surface area contributed by atoms with Crippen LogP contribution in [0.15, 0.2) is 22.7 Å². The zero-order chi connectivity index (χ0) is 9.68. The maximum absolute atomic E-state index is 10.7. The smallest absolute Gasteiger partial charge is 0.154 e. The number of benzene rings is 1. The SMILES string of the molecule is O=Cc1c(Br)cccc1OCCBr. The summed E-state index contributed by atoms with van der Waals surface area (Å²) in [7, 11) is 0. The molecule has 0 amide bonds. The molecular weight excluding hydrogens is 300 g/mol. The van der Waals surface area contributed by atoms with Gasteiger partial charge in [0, 0.05) is 9.80 Å². The van der Waals surface area contributed by atoms with Crippen molar-refractivity contribution in [2.24, 2.45) is 0 Å². The molecule has 0 saturated carbocycles. The fourth-order valence-electron chi connectivity index (χ4n) is 0.906. The third kappa shape index (κ3) is 2.81. The number of rotatable bonds is 4. The molecule has 1 aromatic rings. The zero-order valence-electron chi connectivity index (χ0n) is 6.80. The molecule has 0 bridgehead atoms. The average Bonchev–Trinajstić information content (AvgIpc) is 2.15. The van der Waals surface area contributed by atoms with Gasteiger partial charge < -0.3 is 4.74 Å². The summed E-state index contributed by atoms with van der Waals surface area (Å²) in [6.07, 6.45) is 0.785. The lowest BCUT2D eigenvalue weighted by atomic mass is 10.2. The minimum atomic E-state index is 0.553. The number of halogens is 2. The highest BCUT2D eigenvalue weighted by atomic mass is 79.9. The molecule has 0 fully saturated rings. The first kappa shape index (κ1) is 10.7. The third-order valence-corrected chi connectivity index (χ3v) is 2.48. The Morgan fingerprint density at radius 3 is 2.85 bits per heavy atom. The molecule has 0 aliphatic carbocycles. The Morgan fingerprint density at radius 1 is 1.46 bits per heavy atom. The molecule has 0 N–H and O–H groups in total. The van der Waals surface area contributed by atoms with E-state index in [-0.39, 0.29) is 0 Å². The van der Waals surface area contributed by atoms with Gasteiger partial charge in [0.15, 0.2) is 6.29 Å². The van der Waals surface area contributed by atoms with E-state index in [4.69, 9.17) is 4.74 Å². The Balaban J connectivity index is 2.91. The molecular formula is C9H8Br2O2. The first-order chi connectivity index (χ1) is 6.29. The fraction of sp³-hybridized carbons (Fsp3) is 0.222. The maximum atomic E-state index is 10.7. The van der Waals surface area contributed by atoms with Crippen molar-refractivity contribution in [1.82, 2.24) is 0 Å². The number of carbonyl (C=O) groups is 1. The second-order valence-corrected chi connectivity index (χ2v) is 3.95. The van der Waals surface area contributed by atoms with Gasteiger partial charge in [-0.2, -0.15) is 0 Å². The summed E-state index contributed by atoms with van der Waals surface area (Å²) in [6, 6.07) is 5.42. The van der Waals surface area contributed by atoms with E-state index in [0.29, 0.717) is 17.9 Å². The second kappa shape index (κ2) is 5.40. The van der Waals surface area contributed by atoms with Crippen LogP contribution in [0.1, 0.15) is 10.4 Å². The van der Waals surface area contributed by atoms with Crippen LogP contribution in [0.4, 0.5) is 0 Å². The molecule has 0 heterocycles. The number of hydrogen-bond donors (Lipinski definition) is 0. The summed E-state index contributed by atoms with van der Waals surface area (Å²) in [5.41, 5.74) is 0.559. The van der Waals surface area contributed by atoms with Gasteiger partial charge >= 0.3 is 0 Å². The first-order valence-electron chi connectivity index (χ1n) is 3.72. The van der Waals surface area contributed by atoms with E-state index in [2.05, 4.69) is 31.9 Å². The van der Waals surface area contributed by atoms with E-state index in [0.717, 1.165) is 16.1 Å². The van der Waals surface area contributed by atoms with Gasteiger partial charge in [0.2, 0.25) is 0 Å². The van der Waals surface area contributed by atoms with Crippen molar-refractivity contribution in [3.05, 3.63) is 28.2 Å². The van der Waals surface area contributed by atoms with Gasteiger partial charge in [0.1, 0.15) is 5.75 Å². The van der Waals surface area contributed by atoms with Crippen molar-refractivity contribution in [3.63, 3.8) is 0 Å². The summed E-state index contributed by atoms with van der Waals surface area (Å²) in [5.74, 6) is 0.615. The normalized spacial score (nSPS) is 9.69. The molecule has 70 valence electrons. The maximum Gasteiger partial charge on any atom is 0.154 e. The van der Waals surface area contributed by atoms with Crippen LogP contribution in [0.25, 0.3) is 0 Å². The van der Waals surface area contributed by atoms with E-state index in [1.807, 2.05) is 12.1 Å². The topological polar surface area (TPSA) is 26.3 Å².